The molecular weight excluding hydrogens is 1630 g/mol. The molecule has 1 unspecified atom stereocenters. The zero-order chi connectivity index (χ0) is 88.1. The smallest absolute Gasteiger partial charge is 0.302 e. The molecule has 0 aliphatic carbocycles. The third kappa shape index (κ3) is 21.1. The molecule has 127 heavy (non-hydrogen) atoms. The van der Waals surface area contributed by atoms with E-state index in [2.05, 4.69) is 148 Å². The fourth-order valence-electron chi connectivity index (χ4n) is 17.0. The van der Waals surface area contributed by atoms with Gasteiger partial charge >= 0.3 is 5.92 Å². The van der Waals surface area contributed by atoms with Crippen LogP contribution in [0.1, 0.15) is 43.4 Å². The van der Waals surface area contributed by atoms with E-state index in [1.54, 1.807) is 64.8 Å². The van der Waals surface area contributed by atoms with Crippen LogP contribution in [0.4, 0.5) is 60.4 Å². The van der Waals surface area contributed by atoms with Gasteiger partial charge in [0.25, 0.3) is 0 Å². The standard InChI is InChI=1S/2C31H35N7O4.C30H31F2N7O4/c2*1-21-14-27(17-38(21)30(40)18-39)42-28-7-2-22(15-23(28)16-32)31-33-9-8-29(35-31)34-24-3-5-25(6-4-24)36-10-12-37(13-11-36)26-19-41-20-26;31-30(32)19-39(28(41)16-40)15-26(30)43-25-6-1-20(13-21(25)14-33)29-34-8-7-27(36-29)35-22-2-4-23(5-3-22)37-9-11-38(12-10-37)24-17-42-18-24/h2*2-9,15,21,26-27,39H,10-14,17-20H2,1H3,(H,33,34,35);1-8,13,24,26,40H,9-12,15-19H2,(H,34,35,36)/t21-,27+;21-,27-;/m01./s1. The monoisotopic (exact) mass is 1730 g/mol. The number of likely N-dealkylation sites (tertiary alicyclic amines) is 3. The van der Waals surface area contributed by atoms with Crippen LogP contribution in [-0.2, 0) is 28.6 Å². The lowest BCUT2D eigenvalue weighted by molar-refractivity contribution is -0.135. The zero-order valence-corrected chi connectivity index (χ0v) is 70.6. The molecule has 9 saturated heterocycles. The average Bonchev–Trinajstić information content (AvgIpc) is 1.63. The number of nitrogens with zero attached hydrogens (tertiary/aromatic N) is 18. The van der Waals surface area contributed by atoms with Crippen molar-refractivity contribution in [2.75, 3.05) is 195 Å². The summed E-state index contributed by atoms with van der Waals surface area (Å²) < 4.78 is 62.7. The van der Waals surface area contributed by atoms with Gasteiger partial charge in [-0.15, -0.1) is 0 Å². The number of aliphatic hydroxyl groups excluding tert-OH is 3. The maximum atomic E-state index is 14.5. The summed E-state index contributed by atoms with van der Waals surface area (Å²) >= 11 is 0. The van der Waals surface area contributed by atoms with Crippen LogP contribution < -0.4 is 44.9 Å². The van der Waals surface area contributed by atoms with Gasteiger partial charge in [-0.1, -0.05) is 0 Å². The Hall–Kier alpha value is -12.9. The van der Waals surface area contributed by atoms with Crippen LogP contribution in [0.3, 0.4) is 0 Å². The minimum Gasteiger partial charge on any atom is -0.487 e. The quantitative estimate of drug-likeness (QED) is 0.0336. The molecule has 12 heterocycles. The summed E-state index contributed by atoms with van der Waals surface area (Å²) in [6, 6.07) is 53.4. The number of rotatable bonds is 24. The number of nitrogens with one attached hydrogen (secondary N) is 3. The second-order valence-corrected chi connectivity index (χ2v) is 32.8. The number of benzene rings is 6. The van der Waals surface area contributed by atoms with Crippen molar-refractivity contribution in [3.8, 4) is 69.6 Å². The molecule has 18 rings (SSSR count). The van der Waals surface area contributed by atoms with Crippen LogP contribution >= 0.6 is 0 Å². The first-order valence-electron chi connectivity index (χ1n) is 42.8. The Labute approximate surface area is 734 Å². The number of halogens is 2. The van der Waals surface area contributed by atoms with Gasteiger partial charge < -0.3 is 89.1 Å². The molecule has 9 aromatic rings. The summed E-state index contributed by atoms with van der Waals surface area (Å²) in [5.74, 6) is -0.761. The van der Waals surface area contributed by atoms with Gasteiger partial charge in [-0.2, -0.15) is 15.8 Å². The first-order chi connectivity index (χ1) is 61.8. The van der Waals surface area contributed by atoms with E-state index >= 15 is 0 Å². The van der Waals surface area contributed by atoms with E-state index in [1.807, 2.05) is 56.3 Å². The molecule has 3 amide bonds. The summed E-state index contributed by atoms with van der Waals surface area (Å²) in [5, 5.41) is 66.8. The van der Waals surface area contributed by atoms with Crippen molar-refractivity contribution >= 4 is 69.3 Å². The molecule has 6 N–H and O–H groups in total. The second-order valence-electron chi connectivity index (χ2n) is 32.8. The molecule has 0 saturated carbocycles. The molecule has 6 aromatic carbocycles. The van der Waals surface area contributed by atoms with Gasteiger partial charge in [0, 0.05) is 173 Å². The van der Waals surface area contributed by atoms with Crippen LogP contribution in [0.2, 0.25) is 0 Å². The van der Waals surface area contributed by atoms with Crippen LogP contribution in [0.25, 0.3) is 34.2 Å². The molecule has 0 radical (unpaired) electrons. The van der Waals surface area contributed by atoms with Crippen molar-refractivity contribution in [2.45, 2.75) is 81.1 Å². The maximum absolute atomic E-state index is 14.5. The van der Waals surface area contributed by atoms with Crippen molar-refractivity contribution in [2.24, 2.45) is 0 Å². The number of ether oxygens (including phenoxy) is 6. The summed E-state index contributed by atoms with van der Waals surface area (Å²) in [6.07, 6.45) is 4.07. The van der Waals surface area contributed by atoms with Crippen molar-refractivity contribution in [3.63, 3.8) is 0 Å². The number of aromatic nitrogens is 6. The highest BCUT2D eigenvalue weighted by Gasteiger charge is 2.52. The summed E-state index contributed by atoms with van der Waals surface area (Å²) in [4.78, 5) is 81.5. The molecule has 9 aliphatic heterocycles. The number of anilines is 9. The molecule has 3 aromatic heterocycles. The molecule has 0 spiro atoms. The van der Waals surface area contributed by atoms with E-state index in [0.29, 0.717) is 118 Å². The molecule has 5 atom stereocenters. The minimum absolute atomic E-state index is 0.0274. The first-order valence-corrected chi connectivity index (χ1v) is 42.8. The van der Waals surface area contributed by atoms with Gasteiger partial charge in [0.15, 0.2) is 23.6 Å². The minimum atomic E-state index is -3.34. The number of hydrogen-bond donors (Lipinski definition) is 6. The van der Waals surface area contributed by atoms with E-state index in [4.69, 9.17) is 33.5 Å². The Morgan fingerprint density at radius 1 is 0.433 bits per heavy atom. The van der Waals surface area contributed by atoms with Crippen molar-refractivity contribution in [3.05, 3.63) is 181 Å². The number of carbonyl (C=O) groups excluding carboxylic acids is 3. The first kappa shape index (κ1) is 87.6. The highest BCUT2D eigenvalue weighted by atomic mass is 19.3. The fraction of sp³-hybridized carbons (Fsp3) is 0.413. The number of hydrogen-bond acceptors (Lipinski definition) is 30. The summed E-state index contributed by atoms with van der Waals surface area (Å²) in [5.41, 5.74) is 8.94. The van der Waals surface area contributed by atoms with E-state index in [-0.39, 0.29) is 47.4 Å². The lowest BCUT2D eigenvalue weighted by Gasteiger charge is -2.43. The largest absolute Gasteiger partial charge is 0.487 e. The maximum Gasteiger partial charge on any atom is 0.302 e. The van der Waals surface area contributed by atoms with E-state index in [1.165, 1.54) is 23.5 Å². The Morgan fingerprint density at radius 2 is 0.748 bits per heavy atom. The van der Waals surface area contributed by atoms with Gasteiger partial charge in [0.05, 0.1) is 101 Å². The third-order valence-electron chi connectivity index (χ3n) is 24.5. The van der Waals surface area contributed by atoms with E-state index in [9.17, 15) is 49.2 Å². The van der Waals surface area contributed by atoms with E-state index < -0.39 is 50.8 Å². The van der Waals surface area contributed by atoms with Crippen LogP contribution in [-0.4, -0.2) is 311 Å². The predicted molar refractivity (Wildman–Crippen MR) is 469 cm³/mol. The molecule has 9 fully saturated rings. The second kappa shape index (κ2) is 40.2. The van der Waals surface area contributed by atoms with Crippen molar-refractivity contribution in [1.82, 2.24) is 59.3 Å². The predicted octanol–water partition coefficient (Wildman–Crippen LogP) is 7.78. The summed E-state index contributed by atoms with van der Waals surface area (Å²) in [6.45, 7) is 18.8. The Morgan fingerprint density at radius 3 is 1.04 bits per heavy atom. The van der Waals surface area contributed by atoms with Gasteiger partial charge in [-0.3, -0.25) is 29.1 Å². The number of amides is 3. The Kier molecular flexibility index (Phi) is 27.7. The Balaban J connectivity index is 0.000000140. The number of nitriles is 3. The molecule has 35 heteroatoms. The van der Waals surface area contributed by atoms with Gasteiger partial charge in [0.2, 0.25) is 17.7 Å². The van der Waals surface area contributed by atoms with Crippen LogP contribution in [0.15, 0.2) is 164 Å². The van der Waals surface area contributed by atoms with Crippen LogP contribution in [0, 0.1) is 34.0 Å². The molecular formula is C92H101F2N21O12. The summed E-state index contributed by atoms with van der Waals surface area (Å²) in [7, 11) is 0. The lowest BCUT2D eigenvalue weighted by atomic mass is 10.1. The highest BCUT2D eigenvalue weighted by molar-refractivity contribution is 5.79. The topological polar surface area (TPSA) is 381 Å². The van der Waals surface area contributed by atoms with Crippen molar-refractivity contribution in [1.29, 1.82) is 15.8 Å². The SMILES string of the molecule is C[C@@H]1C[C@@H](Oc2ccc(-c3nccc(Nc4ccc(N5CCN(C6COC6)CC5)cc4)n3)cc2C#N)CN1C(=O)CO.C[C@H]1C[C@@H](Oc2ccc(-c3nccc(Nc4ccc(N5CCN(C6COC6)CC5)cc4)n3)cc2C#N)CN1C(=O)CO.N#Cc1cc(-c2nccc(Nc3ccc(N4CCN(C5COC5)CC4)cc3)n2)ccc1OC1CN(C(=O)CO)CC1(F)F. The van der Waals surface area contributed by atoms with Crippen LogP contribution in [0.5, 0.6) is 17.2 Å². The molecule has 33 nitrogen and oxygen atoms in total. The Bertz CT molecular complexity index is 5240. The average molecular weight is 1730 g/mol. The molecule has 9 aliphatic rings. The number of alkyl halides is 2. The van der Waals surface area contributed by atoms with Gasteiger partial charge in [0.1, 0.15) is 84.9 Å². The van der Waals surface area contributed by atoms with Crippen molar-refractivity contribution < 1.29 is 66.9 Å². The normalized spacial score (nSPS) is 20.8. The van der Waals surface area contributed by atoms with Gasteiger partial charge in [-0.25, -0.2) is 38.7 Å². The van der Waals surface area contributed by atoms with E-state index in [0.717, 1.165) is 146 Å². The number of aliphatic hydroxyl groups is 3. The number of piperazine rings is 3. The molecule has 660 valence electrons. The fourth-order valence-corrected chi connectivity index (χ4v) is 17.0. The highest BCUT2D eigenvalue weighted by Crippen LogP contribution is 2.38. The zero-order valence-electron chi connectivity index (χ0n) is 70.6. The lowest BCUT2D eigenvalue weighted by Crippen LogP contribution is -2.56. The molecule has 0 bridgehead atoms. The number of carbonyl (C=O) groups is 3. The van der Waals surface area contributed by atoms with Gasteiger partial charge in [-0.05, 0) is 159 Å². The third-order valence-corrected chi connectivity index (χ3v) is 24.5.